The van der Waals surface area contributed by atoms with E-state index in [2.05, 4.69) is 14.8 Å². The summed E-state index contributed by atoms with van der Waals surface area (Å²) in [7, 11) is -6.83. The van der Waals surface area contributed by atoms with Crippen molar-refractivity contribution in [2.24, 2.45) is 0 Å². The van der Waals surface area contributed by atoms with E-state index in [0.717, 1.165) is 0 Å². The van der Waals surface area contributed by atoms with Crippen molar-refractivity contribution < 1.29 is 21.6 Å². The zero-order valence-corrected chi connectivity index (χ0v) is 17.9. The van der Waals surface area contributed by atoms with E-state index in [0.29, 0.717) is 17.1 Å². The van der Waals surface area contributed by atoms with Crippen LogP contribution in [0.2, 0.25) is 0 Å². The van der Waals surface area contributed by atoms with Crippen molar-refractivity contribution in [1.82, 2.24) is 19.5 Å². The predicted octanol–water partition coefficient (Wildman–Crippen LogP) is 1.56. The van der Waals surface area contributed by atoms with Gasteiger partial charge in [-0.2, -0.15) is 5.10 Å². The molecule has 1 N–H and O–H groups in total. The minimum absolute atomic E-state index is 0.0159. The Kier molecular flexibility index (Phi) is 6.85. The van der Waals surface area contributed by atoms with Gasteiger partial charge in [0.05, 0.1) is 10.6 Å². The summed E-state index contributed by atoms with van der Waals surface area (Å²) in [5.41, 5.74) is 0.701. The minimum atomic E-state index is -3.72. The summed E-state index contributed by atoms with van der Waals surface area (Å²) in [5.74, 6) is 1.01. The molecule has 0 bridgehead atoms. The van der Waals surface area contributed by atoms with Crippen molar-refractivity contribution in [3.05, 3.63) is 66.6 Å². The largest absolute Gasteiger partial charge is 0.493 e. The number of benzene rings is 1. The number of nitrogens with zero attached hydrogens (tertiary/aromatic N) is 3. The molecule has 30 heavy (non-hydrogen) atoms. The zero-order valence-electron chi connectivity index (χ0n) is 16.3. The molecule has 0 saturated heterocycles. The van der Waals surface area contributed by atoms with Crippen LogP contribution in [0.4, 0.5) is 0 Å². The van der Waals surface area contributed by atoms with E-state index < -0.39 is 19.9 Å². The second-order valence-electron chi connectivity index (χ2n) is 6.36. The molecular formula is C19H22N4O5S2. The molecule has 0 aliphatic rings. The lowest BCUT2D eigenvalue weighted by Crippen LogP contribution is -2.23. The molecule has 9 nitrogen and oxygen atoms in total. The molecule has 2 heterocycles. The van der Waals surface area contributed by atoms with Gasteiger partial charge in [0.25, 0.3) is 0 Å². The van der Waals surface area contributed by atoms with Crippen LogP contribution in [0.15, 0.2) is 66.0 Å². The van der Waals surface area contributed by atoms with Gasteiger partial charge in [-0.1, -0.05) is 13.0 Å². The number of hydrogen-bond donors (Lipinski definition) is 1. The van der Waals surface area contributed by atoms with Gasteiger partial charge in [-0.05, 0) is 42.0 Å². The van der Waals surface area contributed by atoms with E-state index in [9.17, 15) is 16.8 Å². The Hall–Kier alpha value is -2.76. The van der Waals surface area contributed by atoms with E-state index in [-0.39, 0.29) is 29.6 Å². The summed E-state index contributed by atoms with van der Waals surface area (Å²) in [6, 6.07) is 11.1. The maximum Gasteiger partial charge on any atom is 0.240 e. The summed E-state index contributed by atoms with van der Waals surface area (Å²) >= 11 is 0. The molecule has 160 valence electrons. The van der Waals surface area contributed by atoms with Gasteiger partial charge < -0.3 is 4.74 Å². The van der Waals surface area contributed by atoms with Gasteiger partial charge in [0.1, 0.15) is 12.4 Å². The van der Waals surface area contributed by atoms with Crippen molar-refractivity contribution in [3.8, 4) is 11.6 Å². The first-order valence-electron chi connectivity index (χ1n) is 9.17. The summed E-state index contributed by atoms with van der Waals surface area (Å²) in [5, 5.41) is 4.09. The second-order valence-corrected chi connectivity index (χ2v) is 10.6. The third-order valence-corrected chi connectivity index (χ3v) is 7.34. The number of pyridine rings is 1. The van der Waals surface area contributed by atoms with Crippen molar-refractivity contribution in [1.29, 1.82) is 0 Å². The fourth-order valence-corrected chi connectivity index (χ4v) is 4.11. The number of nitrogens with one attached hydrogen (secondary N) is 1. The zero-order chi connectivity index (χ0) is 21.6. The topological polar surface area (TPSA) is 120 Å². The van der Waals surface area contributed by atoms with E-state index >= 15 is 0 Å². The van der Waals surface area contributed by atoms with Crippen LogP contribution in [0, 0.1) is 0 Å². The van der Waals surface area contributed by atoms with Crippen LogP contribution in [0.1, 0.15) is 12.5 Å². The SMILES string of the molecule is CCS(=O)(=O)CCOc1ccc(S(=O)(=O)NCc2ccc(-n3cccn3)nc2)cc1. The van der Waals surface area contributed by atoms with Crippen molar-refractivity contribution >= 4 is 19.9 Å². The first-order chi connectivity index (χ1) is 14.3. The molecule has 0 radical (unpaired) electrons. The molecule has 0 aliphatic carbocycles. The number of ether oxygens (including phenoxy) is 1. The van der Waals surface area contributed by atoms with E-state index in [1.807, 2.05) is 0 Å². The molecular weight excluding hydrogens is 428 g/mol. The Morgan fingerprint density at radius 2 is 1.83 bits per heavy atom. The Labute approximate surface area is 175 Å². The van der Waals surface area contributed by atoms with Gasteiger partial charge in [-0.3, -0.25) is 0 Å². The lowest BCUT2D eigenvalue weighted by molar-refractivity contribution is 0.340. The predicted molar refractivity (Wildman–Crippen MR) is 112 cm³/mol. The smallest absolute Gasteiger partial charge is 0.240 e. The van der Waals surface area contributed by atoms with Crippen molar-refractivity contribution in [3.63, 3.8) is 0 Å². The van der Waals surface area contributed by atoms with Crippen LogP contribution in [0.3, 0.4) is 0 Å². The Balaban J connectivity index is 1.56. The molecule has 0 saturated carbocycles. The first-order valence-corrected chi connectivity index (χ1v) is 12.5. The van der Waals surface area contributed by atoms with Crippen LogP contribution < -0.4 is 9.46 Å². The Morgan fingerprint density at radius 3 is 2.43 bits per heavy atom. The fraction of sp³-hybridized carbons (Fsp3) is 0.263. The van der Waals surface area contributed by atoms with Crippen LogP contribution in [0.25, 0.3) is 5.82 Å². The third-order valence-electron chi connectivity index (χ3n) is 4.25. The third kappa shape index (κ3) is 5.88. The van der Waals surface area contributed by atoms with Gasteiger partial charge in [0, 0.05) is 30.9 Å². The molecule has 1 aromatic carbocycles. The highest BCUT2D eigenvalue weighted by Gasteiger charge is 2.14. The number of sulfonamides is 1. The maximum absolute atomic E-state index is 12.5. The van der Waals surface area contributed by atoms with Gasteiger partial charge in [-0.25, -0.2) is 31.2 Å². The highest BCUT2D eigenvalue weighted by Crippen LogP contribution is 2.16. The molecule has 0 amide bonds. The minimum Gasteiger partial charge on any atom is -0.493 e. The van der Waals surface area contributed by atoms with Gasteiger partial charge in [0.15, 0.2) is 15.7 Å². The number of rotatable bonds is 10. The maximum atomic E-state index is 12.5. The summed E-state index contributed by atoms with van der Waals surface area (Å²) in [6.07, 6.45) is 4.99. The van der Waals surface area contributed by atoms with Gasteiger partial charge in [-0.15, -0.1) is 0 Å². The van der Waals surface area contributed by atoms with Crippen LogP contribution in [-0.2, 0) is 26.4 Å². The van der Waals surface area contributed by atoms with Crippen LogP contribution >= 0.6 is 0 Å². The Bertz CT molecular complexity index is 1160. The van der Waals surface area contributed by atoms with Crippen LogP contribution in [0.5, 0.6) is 5.75 Å². The summed E-state index contributed by atoms with van der Waals surface area (Å²) in [4.78, 5) is 4.35. The highest BCUT2D eigenvalue weighted by atomic mass is 32.2. The first kappa shape index (κ1) is 21.9. The molecule has 2 aromatic heterocycles. The van der Waals surface area contributed by atoms with E-state index in [1.54, 1.807) is 48.4 Å². The molecule has 0 spiro atoms. The van der Waals surface area contributed by atoms with E-state index in [1.165, 1.54) is 24.3 Å². The number of sulfone groups is 1. The quantitative estimate of drug-likeness (QED) is 0.498. The average molecular weight is 451 g/mol. The molecule has 0 atom stereocenters. The van der Waals surface area contributed by atoms with E-state index in [4.69, 9.17) is 4.74 Å². The molecule has 3 aromatic rings. The number of hydrogen-bond acceptors (Lipinski definition) is 7. The monoisotopic (exact) mass is 450 g/mol. The van der Waals surface area contributed by atoms with Crippen molar-refractivity contribution in [2.75, 3.05) is 18.1 Å². The second kappa shape index (κ2) is 9.37. The normalized spacial score (nSPS) is 12.0. The van der Waals surface area contributed by atoms with Crippen LogP contribution in [-0.4, -0.2) is 49.7 Å². The van der Waals surface area contributed by atoms with Crippen molar-refractivity contribution in [2.45, 2.75) is 18.4 Å². The summed E-state index contributed by atoms with van der Waals surface area (Å²) in [6.45, 7) is 1.68. The standard InChI is InChI=1S/C19H22N4O5S2/c1-2-29(24,25)13-12-28-17-5-7-18(8-6-17)30(26,27)22-15-16-4-9-19(20-14-16)23-11-3-10-21-23/h3-11,14,22H,2,12-13,15H2,1H3. The number of aromatic nitrogens is 3. The molecule has 11 heteroatoms. The molecule has 0 unspecified atom stereocenters. The summed E-state index contributed by atoms with van der Waals surface area (Å²) < 4.78 is 57.4. The fourth-order valence-electron chi connectivity index (χ4n) is 2.47. The molecule has 3 rings (SSSR count). The van der Waals surface area contributed by atoms with Gasteiger partial charge >= 0.3 is 0 Å². The Morgan fingerprint density at radius 1 is 1.07 bits per heavy atom. The average Bonchev–Trinajstić information content (AvgIpc) is 3.28. The molecule has 0 fully saturated rings. The lowest BCUT2D eigenvalue weighted by Gasteiger charge is -2.09. The highest BCUT2D eigenvalue weighted by molar-refractivity contribution is 7.91. The van der Waals surface area contributed by atoms with Gasteiger partial charge in [0.2, 0.25) is 10.0 Å². The molecule has 0 aliphatic heterocycles. The lowest BCUT2D eigenvalue weighted by atomic mass is 10.3.